The fourth-order valence-corrected chi connectivity index (χ4v) is 2.99. The minimum atomic E-state index is -4.99. The zero-order valence-corrected chi connectivity index (χ0v) is 17.9. The van der Waals surface area contributed by atoms with E-state index < -0.39 is 40.6 Å². The first-order valence-electron chi connectivity index (χ1n) is 9.27. The Kier molecular flexibility index (Phi) is 6.96. The Bertz CT molecular complexity index is 1370. The van der Waals surface area contributed by atoms with Crippen LogP contribution in [0.5, 0.6) is 17.4 Å². The molecule has 0 spiro atoms. The molecule has 180 valence electrons. The van der Waals surface area contributed by atoms with Crippen LogP contribution < -0.4 is 20.7 Å². The number of benzene rings is 1. The Morgan fingerprint density at radius 1 is 1.21 bits per heavy atom. The Morgan fingerprint density at radius 2 is 1.91 bits per heavy atom. The van der Waals surface area contributed by atoms with E-state index >= 15 is 0 Å². The zero-order chi connectivity index (χ0) is 25.2. The average molecular weight is 504 g/mol. The molecule has 1 N–H and O–H groups in total. The summed E-state index contributed by atoms with van der Waals surface area (Å²) in [6, 6.07) is 4.52. The third-order valence-electron chi connectivity index (χ3n) is 4.36. The number of hydrogen-bond donors (Lipinski definition) is 1. The first kappa shape index (κ1) is 24.8. The molecule has 0 aliphatic carbocycles. The molecule has 0 aliphatic heterocycles. The van der Waals surface area contributed by atoms with E-state index in [1.54, 1.807) is 0 Å². The van der Waals surface area contributed by atoms with Crippen LogP contribution in [0.1, 0.15) is 12.1 Å². The summed E-state index contributed by atoms with van der Waals surface area (Å²) in [5, 5.41) is 8.41. The van der Waals surface area contributed by atoms with E-state index in [-0.39, 0.29) is 50.6 Å². The van der Waals surface area contributed by atoms with Gasteiger partial charge in [-0.15, -0.1) is 0 Å². The van der Waals surface area contributed by atoms with Gasteiger partial charge in [0, 0.05) is 25.4 Å². The first-order valence-corrected chi connectivity index (χ1v) is 9.65. The van der Waals surface area contributed by atoms with Gasteiger partial charge in [0.1, 0.15) is 23.9 Å². The van der Waals surface area contributed by atoms with Crippen molar-refractivity contribution in [3.05, 3.63) is 73.9 Å². The predicted octanol–water partition coefficient (Wildman–Crippen LogP) is 3.39. The van der Waals surface area contributed by atoms with Gasteiger partial charge in [-0.05, 0) is 18.2 Å². The maximum atomic E-state index is 14.6. The van der Waals surface area contributed by atoms with Crippen LogP contribution in [0.3, 0.4) is 0 Å². The summed E-state index contributed by atoms with van der Waals surface area (Å²) in [4.78, 5) is 39.4. The number of pyridine rings is 1. The van der Waals surface area contributed by atoms with Gasteiger partial charge in [0.25, 0.3) is 11.4 Å². The number of aromatic nitrogens is 3. The van der Waals surface area contributed by atoms with E-state index in [0.29, 0.717) is 6.07 Å². The van der Waals surface area contributed by atoms with E-state index in [2.05, 4.69) is 4.98 Å². The molecule has 2 aromatic heterocycles. The Hall–Kier alpha value is -3.87. The molecule has 3 rings (SSSR count). The average Bonchev–Trinajstić information content (AvgIpc) is 2.74. The fourth-order valence-electron chi connectivity index (χ4n) is 2.80. The number of carboxylic acids is 1. The monoisotopic (exact) mass is 503 g/mol. The number of carboxylic acid groups (broad SMARTS) is 1. The molecule has 1 aromatic carbocycles. The Morgan fingerprint density at radius 3 is 2.56 bits per heavy atom. The smallest absolute Gasteiger partial charge is 0.431 e. The van der Waals surface area contributed by atoms with Crippen LogP contribution in [0.2, 0.25) is 5.02 Å². The number of carbonyl (C=O) groups is 1. The van der Waals surface area contributed by atoms with Crippen LogP contribution in [-0.4, -0.2) is 31.8 Å². The van der Waals surface area contributed by atoms with Crippen molar-refractivity contribution < 1.29 is 36.9 Å². The molecule has 3 aromatic rings. The summed E-state index contributed by atoms with van der Waals surface area (Å²) in [5.74, 6) is -2.79. The van der Waals surface area contributed by atoms with Gasteiger partial charge in [0.15, 0.2) is 5.75 Å². The second kappa shape index (κ2) is 9.55. The lowest BCUT2D eigenvalue weighted by Gasteiger charge is -2.16. The lowest BCUT2D eigenvalue weighted by atomic mass is 10.2. The van der Waals surface area contributed by atoms with Crippen molar-refractivity contribution in [2.24, 2.45) is 7.05 Å². The molecule has 0 radical (unpaired) electrons. The van der Waals surface area contributed by atoms with Crippen LogP contribution in [0.4, 0.5) is 17.6 Å². The van der Waals surface area contributed by atoms with Gasteiger partial charge in [-0.3, -0.25) is 14.2 Å². The zero-order valence-electron chi connectivity index (χ0n) is 17.1. The maximum absolute atomic E-state index is 14.6. The molecule has 0 atom stereocenters. The van der Waals surface area contributed by atoms with Crippen molar-refractivity contribution in [2.75, 3.05) is 6.61 Å². The van der Waals surface area contributed by atoms with Gasteiger partial charge in [-0.1, -0.05) is 11.6 Å². The lowest BCUT2D eigenvalue weighted by molar-refractivity contribution is -0.144. The summed E-state index contributed by atoms with van der Waals surface area (Å²) in [7, 11) is 0.780. The molecule has 0 amide bonds. The van der Waals surface area contributed by atoms with Crippen LogP contribution in [0.25, 0.3) is 5.69 Å². The SMILES string of the molecule is Cn1c(C(F)(F)F)cc(=O)n(-c2cc(Oc3cccnc3OCCC(=O)O)c(Cl)cc2F)c1=O. The highest BCUT2D eigenvalue weighted by molar-refractivity contribution is 6.32. The summed E-state index contributed by atoms with van der Waals surface area (Å²) < 4.78 is 65.1. The van der Waals surface area contributed by atoms with E-state index in [0.717, 1.165) is 13.1 Å². The molecule has 14 heteroatoms. The van der Waals surface area contributed by atoms with Crippen molar-refractivity contribution in [3.63, 3.8) is 0 Å². The fraction of sp³-hybridized carbons (Fsp3) is 0.200. The van der Waals surface area contributed by atoms with Gasteiger partial charge in [-0.2, -0.15) is 13.2 Å². The third kappa shape index (κ3) is 5.20. The number of hydrogen-bond acceptors (Lipinski definition) is 6. The molecule has 0 aliphatic rings. The predicted molar refractivity (Wildman–Crippen MR) is 109 cm³/mol. The van der Waals surface area contributed by atoms with Crippen molar-refractivity contribution in [1.29, 1.82) is 0 Å². The summed E-state index contributed by atoms with van der Waals surface area (Å²) >= 11 is 6.01. The van der Waals surface area contributed by atoms with Crippen molar-refractivity contribution in [1.82, 2.24) is 14.1 Å². The van der Waals surface area contributed by atoms with Crippen molar-refractivity contribution >= 4 is 17.6 Å². The quantitative estimate of drug-likeness (QED) is 0.492. The van der Waals surface area contributed by atoms with Crippen LogP contribution in [0.15, 0.2) is 46.1 Å². The summed E-state index contributed by atoms with van der Waals surface area (Å²) in [5.41, 5.74) is -5.10. The normalized spacial score (nSPS) is 11.4. The molecular weight excluding hydrogens is 490 g/mol. The maximum Gasteiger partial charge on any atom is 0.431 e. The lowest BCUT2D eigenvalue weighted by Crippen LogP contribution is -2.41. The molecule has 2 heterocycles. The van der Waals surface area contributed by atoms with Gasteiger partial charge in [-0.25, -0.2) is 18.7 Å². The molecule has 0 unspecified atom stereocenters. The molecule has 0 saturated carbocycles. The number of halogens is 5. The van der Waals surface area contributed by atoms with Crippen LogP contribution in [-0.2, 0) is 18.0 Å². The van der Waals surface area contributed by atoms with Crippen LogP contribution in [0, 0.1) is 5.82 Å². The number of alkyl halides is 3. The minimum absolute atomic E-state index is 0.0694. The topological polar surface area (TPSA) is 113 Å². The number of ether oxygens (including phenoxy) is 2. The highest BCUT2D eigenvalue weighted by atomic mass is 35.5. The third-order valence-corrected chi connectivity index (χ3v) is 4.66. The molecular formula is C20H14ClF4N3O6. The number of nitrogens with zero attached hydrogens (tertiary/aromatic N) is 3. The van der Waals surface area contributed by atoms with E-state index in [1.807, 2.05) is 0 Å². The largest absolute Gasteiger partial charge is 0.481 e. The van der Waals surface area contributed by atoms with Crippen LogP contribution >= 0.6 is 11.6 Å². The molecule has 0 saturated heterocycles. The van der Waals surface area contributed by atoms with Crippen molar-refractivity contribution in [2.45, 2.75) is 12.6 Å². The summed E-state index contributed by atoms with van der Waals surface area (Å²) in [6.07, 6.45) is -4.00. The van der Waals surface area contributed by atoms with Gasteiger partial charge in [0.05, 0.1) is 17.1 Å². The number of rotatable bonds is 7. The second-order valence-electron chi connectivity index (χ2n) is 6.68. The van der Waals surface area contributed by atoms with Gasteiger partial charge in [0.2, 0.25) is 0 Å². The van der Waals surface area contributed by atoms with E-state index in [1.165, 1.54) is 18.3 Å². The minimum Gasteiger partial charge on any atom is -0.481 e. The number of aliphatic carboxylic acids is 1. The second-order valence-corrected chi connectivity index (χ2v) is 7.08. The Labute approximate surface area is 192 Å². The van der Waals surface area contributed by atoms with Gasteiger partial charge >= 0.3 is 17.8 Å². The first-order chi connectivity index (χ1) is 15.9. The van der Waals surface area contributed by atoms with Gasteiger partial charge < -0.3 is 14.6 Å². The van der Waals surface area contributed by atoms with E-state index in [9.17, 15) is 31.9 Å². The standard InChI is InChI=1S/C20H14ClF4N3O6/c1-27-15(20(23,24)25)9-16(29)28(19(27)32)12-8-14(10(21)7-11(12)22)34-13-3-2-5-26-18(13)33-6-4-17(30)31/h2-3,5,7-9H,4,6H2,1H3,(H,30,31). The highest BCUT2D eigenvalue weighted by Crippen LogP contribution is 2.36. The van der Waals surface area contributed by atoms with E-state index in [4.69, 9.17) is 26.2 Å². The molecule has 9 nitrogen and oxygen atoms in total. The van der Waals surface area contributed by atoms with Crippen molar-refractivity contribution in [3.8, 4) is 23.1 Å². The Balaban J connectivity index is 2.07. The molecule has 0 fully saturated rings. The summed E-state index contributed by atoms with van der Waals surface area (Å²) in [6.45, 7) is -0.248. The molecule has 34 heavy (non-hydrogen) atoms. The molecule has 0 bridgehead atoms. The highest BCUT2D eigenvalue weighted by Gasteiger charge is 2.35.